The van der Waals surface area contributed by atoms with E-state index in [4.69, 9.17) is 0 Å². The largest absolute Gasteiger partial charge is 0.354 e. The second kappa shape index (κ2) is 6.15. The normalized spacial score (nSPS) is 20.2. The number of nitrogens with zero attached hydrogens (tertiary/aromatic N) is 3. The van der Waals surface area contributed by atoms with Crippen molar-refractivity contribution in [2.24, 2.45) is 0 Å². The van der Waals surface area contributed by atoms with Crippen molar-refractivity contribution in [3.63, 3.8) is 0 Å². The molecule has 7 nitrogen and oxygen atoms in total. The lowest BCUT2D eigenvalue weighted by Gasteiger charge is -2.21. The lowest BCUT2D eigenvalue weighted by Crippen LogP contribution is -2.45. The SMILES string of the molecule is Cc1nnc(CCNC(=O)[C@@H]2CCCN2S(C)(=O)=O)s1. The summed E-state index contributed by atoms with van der Waals surface area (Å²) in [5.74, 6) is -0.228. The zero-order valence-corrected chi connectivity index (χ0v) is 13.1. The molecule has 1 amide bonds. The fourth-order valence-corrected chi connectivity index (χ4v) is 4.08. The van der Waals surface area contributed by atoms with Crippen molar-refractivity contribution in [1.82, 2.24) is 19.8 Å². The fraction of sp³-hybridized carbons (Fsp3) is 0.727. The summed E-state index contributed by atoms with van der Waals surface area (Å²) in [6, 6.07) is -0.568. The van der Waals surface area contributed by atoms with Crippen LogP contribution in [0.3, 0.4) is 0 Å². The van der Waals surface area contributed by atoms with Gasteiger partial charge >= 0.3 is 0 Å². The Bertz CT molecular complexity index is 584. The first-order valence-electron chi connectivity index (χ1n) is 6.41. The Morgan fingerprint density at radius 3 is 2.85 bits per heavy atom. The molecule has 2 heterocycles. The van der Waals surface area contributed by atoms with E-state index in [1.807, 2.05) is 6.92 Å². The first kappa shape index (κ1) is 15.3. The van der Waals surface area contributed by atoms with Gasteiger partial charge in [-0.1, -0.05) is 0 Å². The van der Waals surface area contributed by atoms with Crippen molar-refractivity contribution in [3.8, 4) is 0 Å². The highest BCUT2D eigenvalue weighted by atomic mass is 32.2. The molecule has 1 aromatic rings. The lowest BCUT2D eigenvalue weighted by atomic mass is 10.2. The van der Waals surface area contributed by atoms with Crippen LogP contribution >= 0.6 is 11.3 Å². The standard InChI is InChI=1S/C11H18N4O3S2/c1-8-13-14-10(19-8)5-6-12-11(16)9-4-3-7-15(9)20(2,17)18/h9H,3-7H2,1-2H3,(H,12,16)/t9-/m0/s1. The monoisotopic (exact) mass is 318 g/mol. The van der Waals surface area contributed by atoms with E-state index in [2.05, 4.69) is 15.5 Å². The molecule has 112 valence electrons. The number of sulfonamides is 1. The molecule has 0 radical (unpaired) electrons. The predicted molar refractivity (Wildman–Crippen MR) is 75.9 cm³/mol. The molecule has 20 heavy (non-hydrogen) atoms. The van der Waals surface area contributed by atoms with Gasteiger partial charge in [-0.15, -0.1) is 21.5 Å². The van der Waals surface area contributed by atoms with Gasteiger partial charge in [0.25, 0.3) is 0 Å². The molecule has 1 aromatic heterocycles. The summed E-state index contributed by atoms with van der Waals surface area (Å²) in [4.78, 5) is 12.0. The van der Waals surface area contributed by atoms with Gasteiger partial charge in [0.05, 0.1) is 6.26 Å². The number of carbonyl (C=O) groups excluding carboxylic acids is 1. The minimum Gasteiger partial charge on any atom is -0.354 e. The Morgan fingerprint density at radius 2 is 2.25 bits per heavy atom. The van der Waals surface area contributed by atoms with Crippen molar-refractivity contribution in [2.45, 2.75) is 32.2 Å². The number of aromatic nitrogens is 2. The summed E-state index contributed by atoms with van der Waals surface area (Å²) in [5, 5.41) is 12.4. The Kier molecular flexibility index (Phi) is 4.71. The van der Waals surface area contributed by atoms with E-state index in [1.165, 1.54) is 15.6 Å². The average Bonchev–Trinajstić information content (AvgIpc) is 2.96. The number of hydrogen-bond acceptors (Lipinski definition) is 6. The molecule has 1 aliphatic heterocycles. The van der Waals surface area contributed by atoms with E-state index in [9.17, 15) is 13.2 Å². The molecule has 1 fully saturated rings. The molecule has 1 N–H and O–H groups in total. The van der Waals surface area contributed by atoms with Crippen LogP contribution < -0.4 is 5.32 Å². The van der Waals surface area contributed by atoms with Crippen LogP contribution in [-0.4, -0.2) is 54.2 Å². The van der Waals surface area contributed by atoms with Crippen molar-refractivity contribution >= 4 is 27.3 Å². The molecule has 1 saturated heterocycles. The van der Waals surface area contributed by atoms with Crippen molar-refractivity contribution in [2.75, 3.05) is 19.3 Å². The van der Waals surface area contributed by atoms with Crippen LogP contribution in [0.5, 0.6) is 0 Å². The quantitative estimate of drug-likeness (QED) is 0.820. The molecule has 2 rings (SSSR count). The number of rotatable bonds is 5. The predicted octanol–water partition coefficient (Wildman–Crippen LogP) is -0.0708. The second-order valence-corrected chi connectivity index (χ2v) is 7.99. The van der Waals surface area contributed by atoms with Gasteiger partial charge in [0, 0.05) is 19.5 Å². The molecule has 1 atom stereocenters. The van der Waals surface area contributed by atoms with Gasteiger partial charge in [0.2, 0.25) is 15.9 Å². The molecule has 9 heteroatoms. The summed E-state index contributed by atoms with van der Waals surface area (Å²) in [6.45, 7) is 2.75. The number of amides is 1. The van der Waals surface area contributed by atoms with Crippen molar-refractivity contribution < 1.29 is 13.2 Å². The molecule has 0 aromatic carbocycles. The molecule has 0 unspecified atom stereocenters. The van der Waals surface area contributed by atoms with E-state index >= 15 is 0 Å². The van der Waals surface area contributed by atoms with Crippen LogP contribution in [0.25, 0.3) is 0 Å². The van der Waals surface area contributed by atoms with Crippen LogP contribution in [-0.2, 0) is 21.2 Å². The average molecular weight is 318 g/mol. The highest BCUT2D eigenvalue weighted by Crippen LogP contribution is 2.20. The van der Waals surface area contributed by atoms with Gasteiger partial charge in [-0.25, -0.2) is 8.42 Å². The summed E-state index contributed by atoms with van der Waals surface area (Å²) in [6.07, 6.45) is 3.06. The summed E-state index contributed by atoms with van der Waals surface area (Å²) < 4.78 is 24.4. The minimum atomic E-state index is -3.32. The molecular weight excluding hydrogens is 300 g/mol. The van der Waals surface area contributed by atoms with Gasteiger partial charge in [0.1, 0.15) is 16.1 Å². The van der Waals surface area contributed by atoms with E-state index in [-0.39, 0.29) is 5.91 Å². The van der Waals surface area contributed by atoms with Crippen molar-refractivity contribution in [3.05, 3.63) is 10.0 Å². The van der Waals surface area contributed by atoms with Gasteiger partial charge in [0.15, 0.2) is 0 Å². The third kappa shape index (κ3) is 3.74. The van der Waals surface area contributed by atoms with Crippen LogP contribution in [0.1, 0.15) is 22.9 Å². The van der Waals surface area contributed by atoms with Crippen LogP contribution in [0.2, 0.25) is 0 Å². The molecule has 1 aliphatic rings. The third-order valence-corrected chi connectivity index (χ3v) is 5.33. The van der Waals surface area contributed by atoms with Gasteiger partial charge in [-0.05, 0) is 19.8 Å². The number of hydrogen-bond donors (Lipinski definition) is 1. The number of nitrogens with one attached hydrogen (secondary N) is 1. The zero-order valence-electron chi connectivity index (χ0n) is 11.5. The maximum Gasteiger partial charge on any atom is 0.238 e. The van der Waals surface area contributed by atoms with Crippen LogP contribution in [0.4, 0.5) is 0 Å². The summed E-state index contributed by atoms with van der Waals surface area (Å²) in [7, 11) is -3.32. The lowest BCUT2D eigenvalue weighted by molar-refractivity contribution is -0.124. The highest BCUT2D eigenvalue weighted by molar-refractivity contribution is 7.88. The Balaban J connectivity index is 1.85. The molecule has 0 aliphatic carbocycles. The van der Waals surface area contributed by atoms with Crippen LogP contribution in [0, 0.1) is 6.92 Å². The smallest absolute Gasteiger partial charge is 0.238 e. The topological polar surface area (TPSA) is 92.3 Å². The van der Waals surface area contributed by atoms with Crippen molar-refractivity contribution in [1.29, 1.82) is 0 Å². The molecular formula is C11H18N4O3S2. The van der Waals surface area contributed by atoms with Gasteiger partial charge < -0.3 is 5.32 Å². The third-order valence-electron chi connectivity index (χ3n) is 3.14. The van der Waals surface area contributed by atoms with E-state index in [0.29, 0.717) is 25.9 Å². The Hall–Kier alpha value is -1.06. The van der Waals surface area contributed by atoms with Gasteiger partial charge in [-0.2, -0.15) is 4.31 Å². The zero-order chi connectivity index (χ0) is 14.8. The second-order valence-electron chi connectivity index (χ2n) is 4.79. The fourth-order valence-electron chi connectivity index (χ4n) is 2.25. The van der Waals surface area contributed by atoms with Crippen LogP contribution in [0.15, 0.2) is 0 Å². The highest BCUT2D eigenvalue weighted by Gasteiger charge is 2.36. The minimum absolute atomic E-state index is 0.228. The Labute approximate surface area is 122 Å². The molecule has 0 bridgehead atoms. The molecule has 0 spiro atoms. The first-order chi connectivity index (χ1) is 9.38. The van der Waals surface area contributed by atoms with E-state index in [1.54, 1.807) is 0 Å². The van der Waals surface area contributed by atoms with Gasteiger partial charge in [-0.3, -0.25) is 4.79 Å². The summed E-state index contributed by atoms with van der Waals surface area (Å²) in [5.41, 5.74) is 0. The maximum absolute atomic E-state index is 12.0. The van der Waals surface area contributed by atoms with E-state index < -0.39 is 16.1 Å². The Morgan fingerprint density at radius 1 is 1.50 bits per heavy atom. The maximum atomic E-state index is 12.0. The summed E-state index contributed by atoms with van der Waals surface area (Å²) >= 11 is 1.50. The first-order valence-corrected chi connectivity index (χ1v) is 9.08. The number of carbonyl (C=O) groups is 1. The van der Waals surface area contributed by atoms with E-state index in [0.717, 1.165) is 22.7 Å². The number of aryl methyl sites for hydroxylation is 1. The molecule has 0 saturated carbocycles.